The standard InChI is InChI=1S/C29H34O3S/c1-3-4-5-6-10-21-33-28-19-15-26(16-20-28)25-13-17-27(18-14-25)32-23(2)29(30)31-22-24-11-8-7-9-12-24/h7-9,11-20,23H,3-6,10,21-22H2,1-2H3/t23-/m1/s1. The minimum atomic E-state index is -0.669. The largest absolute Gasteiger partial charge is 0.479 e. The molecule has 0 aliphatic carbocycles. The van der Waals surface area contributed by atoms with Crippen molar-refractivity contribution in [3.63, 3.8) is 0 Å². The maximum atomic E-state index is 12.2. The number of thioether (sulfide) groups is 1. The minimum absolute atomic E-state index is 0.249. The first-order chi connectivity index (χ1) is 16.2. The van der Waals surface area contributed by atoms with E-state index in [1.807, 2.05) is 66.4 Å². The predicted molar refractivity (Wildman–Crippen MR) is 138 cm³/mol. The Balaban J connectivity index is 1.44. The highest BCUT2D eigenvalue weighted by Crippen LogP contribution is 2.27. The van der Waals surface area contributed by atoms with Crippen LogP contribution in [0.25, 0.3) is 11.1 Å². The lowest BCUT2D eigenvalue weighted by molar-refractivity contribution is -0.152. The number of benzene rings is 3. The van der Waals surface area contributed by atoms with E-state index in [1.165, 1.54) is 48.3 Å². The molecule has 3 nitrogen and oxygen atoms in total. The van der Waals surface area contributed by atoms with Gasteiger partial charge in [-0.2, -0.15) is 0 Å². The van der Waals surface area contributed by atoms with Gasteiger partial charge in [0.25, 0.3) is 0 Å². The van der Waals surface area contributed by atoms with E-state index in [1.54, 1.807) is 6.92 Å². The van der Waals surface area contributed by atoms with Crippen molar-refractivity contribution in [1.29, 1.82) is 0 Å². The zero-order chi connectivity index (χ0) is 23.3. The molecule has 1 atom stereocenters. The molecule has 33 heavy (non-hydrogen) atoms. The van der Waals surface area contributed by atoms with Gasteiger partial charge >= 0.3 is 5.97 Å². The van der Waals surface area contributed by atoms with E-state index in [9.17, 15) is 4.79 Å². The summed E-state index contributed by atoms with van der Waals surface area (Å²) in [6, 6.07) is 26.2. The molecule has 3 aromatic rings. The molecule has 0 fully saturated rings. The van der Waals surface area contributed by atoms with Crippen molar-refractivity contribution in [1.82, 2.24) is 0 Å². The van der Waals surface area contributed by atoms with Crippen LogP contribution in [0.1, 0.15) is 51.5 Å². The second-order valence-corrected chi connectivity index (χ2v) is 9.33. The van der Waals surface area contributed by atoms with Gasteiger partial charge in [-0.25, -0.2) is 4.79 Å². The summed E-state index contributed by atoms with van der Waals surface area (Å²) in [5.41, 5.74) is 3.25. The van der Waals surface area contributed by atoms with Gasteiger partial charge in [0.15, 0.2) is 6.10 Å². The predicted octanol–water partition coefficient (Wildman–Crippen LogP) is 7.93. The lowest BCUT2D eigenvalue weighted by atomic mass is 10.1. The van der Waals surface area contributed by atoms with Crippen molar-refractivity contribution in [2.75, 3.05) is 5.75 Å². The van der Waals surface area contributed by atoms with E-state index in [0.29, 0.717) is 5.75 Å². The van der Waals surface area contributed by atoms with E-state index >= 15 is 0 Å². The van der Waals surface area contributed by atoms with E-state index in [-0.39, 0.29) is 12.6 Å². The van der Waals surface area contributed by atoms with Crippen LogP contribution in [0.4, 0.5) is 0 Å². The van der Waals surface area contributed by atoms with Crippen LogP contribution < -0.4 is 4.74 Å². The fraction of sp³-hybridized carbons (Fsp3) is 0.345. The first-order valence-electron chi connectivity index (χ1n) is 11.9. The van der Waals surface area contributed by atoms with Crippen molar-refractivity contribution >= 4 is 17.7 Å². The summed E-state index contributed by atoms with van der Waals surface area (Å²) in [5, 5.41) is 0. The van der Waals surface area contributed by atoms with Gasteiger partial charge in [0.1, 0.15) is 12.4 Å². The molecule has 0 aliphatic rings. The number of carbonyl (C=O) groups is 1. The number of ether oxygens (including phenoxy) is 2. The lowest BCUT2D eigenvalue weighted by Gasteiger charge is -2.14. The number of hydrogen-bond donors (Lipinski definition) is 0. The van der Waals surface area contributed by atoms with Gasteiger partial charge in [-0.05, 0) is 60.1 Å². The summed E-state index contributed by atoms with van der Waals surface area (Å²) in [4.78, 5) is 13.5. The van der Waals surface area contributed by atoms with Crippen molar-refractivity contribution in [2.24, 2.45) is 0 Å². The molecular weight excluding hydrogens is 428 g/mol. The molecule has 0 N–H and O–H groups in total. The van der Waals surface area contributed by atoms with Crippen LogP contribution in [0.5, 0.6) is 5.75 Å². The molecular formula is C29H34O3S. The van der Waals surface area contributed by atoms with E-state index in [4.69, 9.17) is 9.47 Å². The first kappa shape index (κ1) is 24.9. The molecule has 3 aromatic carbocycles. The summed E-state index contributed by atoms with van der Waals surface area (Å²) in [5.74, 6) is 1.46. The fourth-order valence-corrected chi connectivity index (χ4v) is 4.38. The molecule has 0 aliphatic heterocycles. The Kier molecular flexibility index (Phi) is 10.4. The zero-order valence-corrected chi connectivity index (χ0v) is 20.5. The van der Waals surface area contributed by atoms with Crippen molar-refractivity contribution in [2.45, 2.75) is 63.6 Å². The summed E-state index contributed by atoms with van der Waals surface area (Å²) >= 11 is 1.93. The Morgan fingerprint density at radius 1 is 0.818 bits per heavy atom. The second kappa shape index (κ2) is 13.7. The third-order valence-electron chi connectivity index (χ3n) is 5.43. The van der Waals surface area contributed by atoms with Gasteiger partial charge in [-0.15, -0.1) is 11.8 Å². The summed E-state index contributed by atoms with van der Waals surface area (Å²) in [6.07, 6.45) is 5.94. The monoisotopic (exact) mass is 462 g/mol. The molecule has 0 radical (unpaired) electrons. The van der Waals surface area contributed by atoms with Crippen molar-refractivity contribution in [3.05, 3.63) is 84.4 Å². The quantitative estimate of drug-likeness (QED) is 0.147. The van der Waals surface area contributed by atoms with Crippen LogP contribution in [0.2, 0.25) is 0 Å². The van der Waals surface area contributed by atoms with Crippen LogP contribution in [0.3, 0.4) is 0 Å². The highest BCUT2D eigenvalue weighted by molar-refractivity contribution is 7.99. The highest BCUT2D eigenvalue weighted by atomic mass is 32.2. The summed E-state index contributed by atoms with van der Waals surface area (Å²) in [6.45, 7) is 4.21. The van der Waals surface area contributed by atoms with Crippen LogP contribution >= 0.6 is 11.8 Å². The smallest absolute Gasteiger partial charge is 0.347 e. The van der Waals surface area contributed by atoms with Gasteiger partial charge in [-0.1, -0.05) is 87.2 Å². The highest BCUT2D eigenvalue weighted by Gasteiger charge is 2.16. The van der Waals surface area contributed by atoms with Crippen molar-refractivity contribution < 1.29 is 14.3 Å². The Morgan fingerprint density at radius 2 is 1.45 bits per heavy atom. The Hall–Kier alpha value is -2.72. The fourth-order valence-electron chi connectivity index (χ4n) is 3.46. The molecule has 0 unspecified atom stereocenters. The number of carbonyl (C=O) groups excluding carboxylic acids is 1. The molecule has 0 saturated carbocycles. The Labute approximate surface area is 202 Å². The number of hydrogen-bond acceptors (Lipinski definition) is 4. The third-order valence-corrected chi connectivity index (χ3v) is 6.53. The molecule has 174 valence electrons. The third kappa shape index (κ3) is 8.62. The van der Waals surface area contributed by atoms with E-state index in [2.05, 4.69) is 31.2 Å². The SMILES string of the molecule is CCCCCCCSc1ccc(-c2ccc(O[C@H](C)C(=O)OCc3ccccc3)cc2)cc1. The zero-order valence-electron chi connectivity index (χ0n) is 19.7. The number of unbranched alkanes of at least 4 members (excludes halogenated alkanes) is 4. The number of esters is 1. The van der Waals surface area contributed by atoms with Gasteiger partial charge in [0.2, 0.25) is 0 Å². The minimum Gasteiger partial charge on any atom is -0.479 e. The Morgan fingerprint density at radius 3 is 2.12 bits per heavy atom. The topological polar surface area (TPSA) is 35.5 Å². The lowest BCUT2D eigenvalue weighted by Crippen LogP contribution is -2.26. The average molecular weight is 463 g/mol. The van der Waals surface area contributed by atoms with Gasteiger partial charge < -0.3 is 9.47 Å². The Bertz CT molecular complexity index is 952. The normalized spacial score (nSPS) is 11.7. The van der Waals surface area contributed by atoms with Gasteiger partial charge in [-0.3, -0.25) is 0 Å². The van der Waals surface area contributed by atoms with Crippen molar-refractivity contribution in [3.8, 4) is 16.9 Å². The van der Waals surface area contributed by atoms with E-state index < -0.39 is 6.10 Å². The van der Waals surface area contributed by atoms with Gasteiger partial charge in [0.05, 0.1) is 0 Å². The molecule has 3 rings (SSSR count). The molecule has 0 spiro atoms. The van der Waals surface area contributed by atoms with Crippen LogP contribution in [0, 0.1) is 0 Å². The second-order valence-electron chi connectivity index (χ2n) is 8.16. The maximum absolute atomic E-state index is 12.2. The molecule has 0 bridgehead atoms. The van der Waals surface area contributed by atoms with E-state index in [0.717, 1.165) is 11.1 Å². The molecule has 0 aromatic heterocycles. The molecule has 0 heterocycles. The number of rotatable bonds is 13. The average Bonchev–Trinajstić information content (AvgIpc) is 2.86. The molecule has 0 saturated heterocycles. The van der Waals surface area contributed by atoms with Crippen LogP contribution in [0.15, 0.2) is 83.8 Å². The van der Waals surface area contributed by atoms with Crippen LogP contribution in [-0.4, -0.2) is 17.8 Å². The van der Waals surface area contributed by atoms with Crippen LogP contribution in [-0.2, 0) is 16.1 Å². The summed E-state index contributed by atoms with van der Waals surface area (Å²) in [7, 11) is 0. The maximum Gasteiger partial charge on any atom is 0.347 e. The summed E-state index contributed by atoms with van der Waals surface area (Å²) < 4.78 is 11.1. The first-order valence-corrected chi connectivity index (χ1v) is 12.8. The molecule has 0 amide bonds. The molecule has 4 heteroatoms. The van der Waals surface area contributed by atoms with Gasteiger partial charge in [0, 0.05) is 4.90 Å².